The lowest BCUT2D eigenvalue weighted by Crippen LogP contribution is -2.38. The van der Waals surface area contributed by atoms with Crippen LogP contribution in [0.1, 0.15) is 12.7 Å². The van der Waals surface area contributed by atoms with Gasteiger partial charge in [-0.15, -0.1) is 35.7 Å². The van der Waals surface area contributed by atoms with Crippen LogP contribution in [-0.2, 0) is 6.54 Å². The molecule has 2 rings (SSSR count). The minimum absolute atomic E-state index is 0. The first kappa shape index (κ1) is 19.8. The van der Waals surface area contributed by atoms with Crippen LogP contribution in [-0.4, -0.2) is 24.8 Å². The van der Waals surface area contributed by atoms with Gasteiger partial charge in [-0.25, -0.2) is 9.38 Å². The Hall–Kier alpha value is -1.22. The zero-order valence-electron chi connectivity index (χ0n) is 12.9. The average molecular weight is 449 g/mol. The molecular weight excluding hydrogens is 428 g/mol. The van der Waals surface area contributed by atoms with E-state index in [1.807, 2.05) is 25.1 Å². The lowest BCUT2D eigenvalue weighted by atomic mass is 10.3. The van der Waals surface area contributed by atoms with E-state index in [1.165, 1.54) is 17.8 Å². The van der Waals surface area contributed by atoms with Crippen molar-refractivity contribution in [3.8, 4) is 0 Å². The van der Waals surface area contributed by atoms with Gasteiger partial charge in [-0.1, -0.05) is 12.1 Å². The van der Waals surface area contributed by atoms with E-state index in [4.69, 9.17) is 4.42 Å². The number of furan rings is 1. The maximum atomic E-state index is 13.5. The number of aliphatic imine (C=N–C) groups is 1. The molecule has 0 aliphatic heterocycles. The maximum Gasteiger partial charge on any atom is 0.191 e. The SMILES string of the molecule is CCNC(=NCc1ccco1)NCCSc1ccccc1F.I. The van der Waals surface area contributed by atoms with E-state index in [2.05, 4.69) is 15.6 Å². The van der Waals surface area contributed by atoms with Crippen molar-refractivity contribution < 1.29 is 8.81 Å². The number of halogens is 2. The quantitative estimate of drug-likeness (QED) is 0.222. The standard InChI is InChI=1S/C16H20FN3OS.HI/c1-2-18-16(20-12-13-6-5-10-21-13)19-9-11-22-15-8-4-3-7-14(15)17;/h3-8,10H,2,9,11-12H2,1H3,(H2,18,19,20);1H. The molecule has 0 saturated carbocycles. The fourth-order valence-electron chi connectivity index (χ4n) is 1.79. The Kier molecular flexibility index (Phi) is 9.77. The molecule has 2 aromatic rings. The molecule has 0 spiro atoms. The Labute approximate surface area is 157 Å². The van der Waals surface area contributed by atoms with E-state index in [0.717, 1.165) is 24.0 Å². The summed E-state index contributed by atoms with van der Waals surface area (Å²) in [6, 6.07) is 10.5. The fraction of sp³-hybridized carbons (Fsp3) is 0.312. The van der Waals surface area contributed by atoms with Crippen LogP contribution in [0.2, 0.25) is 0 Å². The molecule has 0 radical (unpaired) electrons. The van der Waals surface area contributed by atoms with Gasteiger partial charge in [0.15, 0.2) is 5.96 Å². The molecule has 1 heterocycles. The van der Waals surface area contributed by atoms with Crippen molar-refractivity contribution in [3.63, 3.8) is 0 Å². The summed E-state index contributed by atoms with van der Waals surface area (Å²) >= 11 is 1.48. The van der Waals surface area contributed by atoms with Crippen molar-refractivity contribution in [1.82, 2.24) is 10.6 Å². The second-order valence-electron chi connectivity index (χ2n) is 4.48. The van der Waals surface area contributed by atoms with Crippen molar-refractivity contribution in [1.29, 1.82) is 0 Å². The average Bonchev–Trinajstić information content (AvgIpc) is 3.04. The molecule has 0 bridgehead atoms. The van der Waals surface area contributed by atoms with Gasteiger partial charge in [0.1, 0.15) is 18.1 Å². The topological polar surface area (TPSA) is 49.6 Å². The Morgan fingerprint density at radius 2 is 2.04 bits per heavy atom. The largest absolute Gasteiger partial charge is 0.467 e. The van der Waals surface area contributed by atoms with Crippen LogP contribution in [0.5, 0.6) is 0 Å². The molecule has 0 aliphatic rings. The Morgan fingerprint density at radius 3 is 2.74 bits per heavy atom. The van der Waals surface area contributed by atoms with E-state index < -0.39 is 0 Å². The highest BCUT2D eigenvalue weighted by Gasteiger charge is 2.02. The molecule has 1 aromatic carbocycles. The van der Waals surface area contributed by atoms with Crippen LogP contribution >= 0.6 is 35.7 Å². The van der Waals surface area contributed by atoms with Crippen LogP contribution in [0.15, 0.2) is 57.0 Å². The van der Waals surface area contributed by atoms with Crippen LogP contribution in [0, 0.1) is 5.82 Å². The number of benzene rings is 1. The van der Waals surface area contributed by atoms with Crippen molar-refractivity contribution in [2.45, 2.75) is 18.4 Å². The van der Waals surface area contributed by atoms with Gasteiger partial charge in [0, 0.05) is 23.7 Å². The zero-order valence-corrected chi connectivity index (χ0v) is 16.1. The van der Waals surface area contributed by atoms with Crippen molar-refractivity contribution >= 4 is 41.7 Å². The summed E-state index contributed by atoms with van der Waals surface area (Å²) in [4.78, 5) is 5.10. The number of nitrogens with zero attached hydrogens (tertiary/aromatic N) is 1. The van der Waals surface area contributed by atoms with Gasteiger partial charge in [0.2, 0.25) is 0 Å². The van der Waals surface area contributed by atoms with E-state index in [1.54, 1.807) is 18.4 Å². The van der Waals surface area contributed by atoms with Gasteiger partial charge >= 0.3 is 0 Å². The van der Waals surface area contributed by atoms with Crippen LogP contribution in [0.25, 0.3) is 0 Å². The highest BCUT2D eigenvalue weighted by molar-refractivity contribution is 14.0. The maximum absolute atomic E-state index is 13.5. The molecule has 126 valence electrons. The normalized spacial score (nSPS) is 11.0. The first-order chi connectivity index (χ1) is 10.8. The summed E-state index contributed by atoms with van der Waals surface area (Å²) in [6.45, 7) is 3.98. The Balaban J connectivity index is 0.00000264. The minimum Gasteiger partial charge on any atom is -0.467 e. The second kappa shape index (κ2) is 11.3. The number of thioether (sulfide) groups is 1. The molecule has 7 heteroatoms. The molecule has 23 heavy (non-hydrogen) atoms. The van der Waals surface area contributed by atoms with Gasteiger partial charge in [-0.05, 0) is 31.2 Å². The fourth-order valence-corrected chi connectivity index (χ4v) is 2.60. The number of guanidine groups is 1. The smallest absolute Gasteiger partial charge is 0.191 e. The molecule has 1 aromatic heterocycles. The third kappa shape index (κ3) is 7.26. The summed E-state index contributed by atoms with van der Waals surface area (Å²) < 4.78 is 18.7. The molecule has 0 atom stereocenters. The molecule has 4 nitrogen and oxygen atoms in total. The van der Waals surface area contributed by atoms with E-state index >= 15 is 0 Å². The summed E-state index contributed by atoms with van der Waals surface area (Å²) in [5.41, 5.74) is 0. The predicted molar refractivity (Wildman–Crippen MR) is 104 cm³/mol. The number of hydrogen-bond donors (Lipinski definition) is 2. The molecule has 2 N–H and O–H groups in total. The number of nitrogens with one attached hydrogen (secondary N) is 2. The Morgan fingerprint density at radius 1 is 1.22 bits per heavy atom. The van der Waals surface area contributed by atoms with Gasteiger partial charge < -0.3 is 15.1 Å². The molecule has 0 amide bonds. The van der Waals surface area contributed by atoms with Crippen molar-refractivity contribution in [2.24, 2.45) is 4.99 Å². The van der Waals surface area contributed by atoms with Gasteiger partial charge in [0.05, 0.1) is 6.26 Å². The third-order valence-electron chi connectivity index (χ3n) is 2.81. The molecule has 0 fully saturated rings. The van der Waals surface area contributed by atoms with Gasteiger partial charge in [0.25, 0.3) is 0 Å². The van der Waals surface area contributed by atoms with E-state index in [0.29, 0.717) is 18.0 Å². The molecule has 0 saturated heterocycles. The Bertz CT molecular complexity index is 593. The van der Waals surface area contributed by atoms with Crippen molar-refractivity contribution in [3.05, 3.63) is 54.2 Å². The zero-order chi connectivity index (χ0) is 15.6. The van der Waals surface area contributed by atoms with Crippen molar-refractivity contribution in [2.75, 3.05) is 18.8 Å². The van der Waals surface area contributed by atoms with E-state index in [-0.39, 0.29) is 29.8 Å². The summed E-state index contributed by atoms with van der Waals surface area (Å²) in [6.07, 6.45) is 1.64. The monoisotopic (exact) mass is 449 g/mol. The first-order valence-electron chi connectivity index (χ1n) is 7.21. The number of rotatable bonds is 7. The first-order valence-corrected chi connectivity index (χ1v) is 8.20. The highest BCUT2D eigenvalue weighted by Crippen LogP contribution is 2.20. The van der Waals surface area contributed by atoms with Crippen LogP contribution in [0.3, 0.4) is 0 Å². The summed E-state index contributed by atoms with van der Waals surface area (Å²) in [7, 11) is 0. The lowest BCUT2D eigenvalue weighted by molar-refractivity contribution is 0.512. The summed E-state index contributed by atoms with van der Waals surface area (Å²) in [5, 5.41) is 6.40. The van der Waals surface area contributed by atoms with Crippen LogP contribution < -0.4 is 10.6 Å². The molecule has 0 unspecified atom stereocenters. The highest BCUT2D eigenvalue weighted by atomic mass is 127. The molecule has 0 aliphatic carbocycles. The predicted octanol–water partition coefficient (Wildman–Crippen LogP) is 3.88. The summed E-state index contributed by atoms with van der Waals surface area (Å²) in [5.74, 6) is 2.13. The van der Waals surface area contributed by atoms with E-state index in [9.17, 15) is 4.39 Å². The molecular formula is C16H21FIN3OS. The van der Waals surface area contributed by atoms with Gasteiger partial charge in [-0.2, -0.15) is 0 Å². The van der Waals surface area contributed by atoms with Crippen LogP contribution in [0.4, 0.5) is 4.39 Å². The van der Waals surface area contributed by atoms with Gasteiger partial charge in [-0.3, -0.25) is 0 Å². The second-order valence-corrected chi connectivity index (χ2v) is 5.62. The lowest BCUT2D eigenvalue weighted by Gasteiger charge is -2.11. The number of hydrogen-bond acceptors (Lipinski definition) is 3. The minimum atomic E-state index is -0.175. The third-order valence-corrected chi connectivity index (χ3v) is 3.86.